The third kappa shape index (κ3) is 4.85. The van der Waals surface area contributed by atoms with Crippen LogP contribution in [0.2, 0.25) is 0 Å². The smallest absolute Gasteiger partial charge is 0.235 e. The fourth-order valence-electron chi connectivity index (χ4n) is 3.19. The van der Waals surface area contributed by atoms with Crippen molar-refractivity contribution in [2.45, 2.75) is 44.3 Å². The molecule has 5 nitrogen and oxygen atoms in total. The van der Waals surface area contributed by atoms with Crippen LogP contribution in [0.25, 0.3) is 11.4 Å². The van der Waals surface area contributed by atoms with Crippen LogP contribution in [0.3, 0.4) is 0 Å². The van der Waals surface area contributed by atoms with E-state index < -0.39 is 0 Å². The summed E-state index contributed by atoms with van der Waals surface area (Å²) in [5, 5.41) is 9.09. The van der Waals surface area contributed by atoms with E-state index >= 15 is 0 Å². The number of benzene rings is 2. The molecule has 0 aliphatic heterocycles. The molecular weight excluding hydrogens is 387 g/mol. The Morgan fingerprint density at radius 2 is 1.97 bits per heavy atom. The minimum atomic E-state index is -0.340. The van der Waals surface area contributed by atoms with E-state index in [4.69, 9.17) is 0 Å². The Labute approximate surface area is 175 Å². The van der Waals surface area contributed by atoms with E-state index in [1.165, 1.54) is 23.9 Å². The van der Waals surface area contributed by atoms with Crippen LogP contribution in [0.4, 0.5) is 4.39 Å². The van der Waals surface area contributed by atoms with E-state index in [0.29, 0.717) is 18.2 Å². The zero-order valence-corrected chi connectivity index (χ0v) is 17.9. The van der Waals surface area contributed by atoms with Gasteiger partial charge in [0.1, 0.15) is 5.82 Å². The molecule has 1 heterocycles. The molecule has 1 atom stereocenters. The Kier molecular flexibility index (Phi) is 6.69. The summed E-state index contributed by atoms with van der Waals surface area (Å²) in [6, 6.07) is 14.4. The first kappa shape index (κ1) is 21.0. The molecule has 0 saturated carbocycles. The van der Waals surface area contributed by atoms with E-state index in [1.54, 1.807) is 18.0 Å². The monoisotopic (exact) mass is 412 g/mol. The van der Waals surface area contributed by atoms with Crippen LogP contribution in [-0.2, 0) is 17.9 Å². The first-order chi connectivity index (χ1) is 13.9. The van der Waals surface area contributed by atoms with Crippen LogP contribution in [0, 0.1) is 12.7 Å². The molecular formula is C22H25FN4OS. The molecule has 1 amide bonds. The molecule has 0 N–H and O–H groups in total. The predicted octanol–water partition coefficient (Wildman–Crippen LogP) is 4.55. The summed E-state index contributed by atoms with van der Waals surface area (Å²) in [5.74, 6) is 0.466. The predicted molar refractivity (Wildman–Crippen MR) is 114 cm³/mol. The Morgan fingerprint density at radius 1 is 1.21 bits per heavy atom. The van der Waals surface area contributed by atoms with Crippen molar-refractivity contribution in [2.75, 3.05) is 7.05 Å². The summed E-state index contributed by atoms with van der Waals surface area (Å²) in [6.45, 7) is 7.01. The lowest BCUT2D eigenvalue weighted by Crippen LogP contribution is -2.33. The maximum Gasteiger partial charge on any atom is 0.235 e. The van der Waals surface area contributed by atoms with Crippen molar-refractivity contribution in [1.29, 1.82) is 0 Å². The summed E-state index contributed by atoms with van der Waals surface area (Å²) in [6.07, 6.45) is 0. The highest BCUT2D eigenvalue weighted by Gasteiger charge is 2.23. The minimum absolute atomic E-state index is 0.0395. The highest BCUT2D eigenvalue weighted by molar-refractivity contribution is 8.00. The molecule has 0 bridgehead atoms. The molecule has 0 unspecified atom stereocenters. The summed E-state index contributed by atoms with van der Waals surface area (Å²) in [5.41, 5.74) is 2.93. The van der Waals surface area contributed by atoms with Gasteiger partial charge < -0.3 is 9.47 Å². The quantitative estimate of drug-likeness (QED) is 0.534. The van der Waals surface area contributed by atoms with Crippen molar-refractivity contribution in [3.63, 3.8) is 0 Å². The summed E-state index contributed by atoms with van der Waals surface area (Å²) < 4.78 is 15.4. The number of aromatic nitrogens is 3. The van der Waals surface area contributed by atoms with Gasteiger partial charge in [-0.25, -0.2) is 4.39 Å². The van der Waals surface area contributed by atoms with E-state index in [9.17, 15) is 9.18 Å². The molecule has 0 aliphatic carbocycles. The van der Waals surface area contributed by atoms with Gasteiger partial charge in [-0.2, -0.15) is 0 Å². The molecule has 152 valence electrons. The van der Waals surface area contributed by atoms with E-state index in [2.05, 4.69) is 10.2 Å². The Morgan fingerprint density at radius 3 is 2.66 bits per heavy atom. The van der Waals surface area contributed by atoms with Gasteiger partial charge in [0, 0.05) is 25.7 Å². The molecule has 1 aromatic heterocycles. The number of hydrogen-bond acceptors (Lipinski definition) is 4. The molecule has 7 heteroatoms. The van der Waals surface area contributed by atoms with Crippen LogP contribution in [0.5, 0.6) is 0 Å². The van der Waals surface area contributed by atoms with Crippen LogP contribution in [0.1, 0.15) is 25.0 Å². The summed E-state index contributed by atoms with van der Waals surface area (Å²) in [7, 11) is 1.73. The van der Waals surface area contributed by atoms with Crippen LogP contribution in [0.15, 0.2) is 53.7 Å². The number of rotatable bonds is 7. The number of aryl methyl sites for hydroxylation is 1. The second kappa shape index (κ2) is 9.22. The second-order valence-electron chi connectivity index (χ2n) is 6.95. The molecule has 3 rings (SSSR count). The van der Waals surface area contributed by atoms with Gasteiger partial charge in [0.25, 0.3) is 0 Å². The lowest BCUT2D eigenvalue weighted by molar-refractivity contribution is -0.129. The first-order valence-electron chi connectivity index (χ1n) is 9.56. The minimum Gasteiger partial charge on any atom is -0.340 e. The van der Waals surface area contributed by atoms with E-state index in [1.807, 2.05) is 55.7 Å². The molecule has 2 aromatic carbocycles. The topological polar surface area (TPSA) is 51.0 Å². The van der Waals surface area contributed by atoms with Crippen molar-refractivity contribution in [3.8, 4) is 11.4 Å². The maximum atomic E-state index is 13.4. The fraction of sp³-hybridized carbons (Fsp3) is 0.318. The van der Waals surface area contributed by atoms with Crippen molar-refractivity contribution < 1.29 is 9.18 Å². The van der Waals surface area contributed by atoms with Crippen molar-refractivity contribution in [1.82, 2.24) is 19.7 Å². The van der Waals surface area contributed by atoms with Gasteiger partial charge in [-0.15, -0.1) is 10.2 Å². The Balaban J connectivity index is 1.74. The van der Waals surface area contributed by atoms with Gasteiger partial charge >= 0.3 is 0 Å². The zero-order valence-electron chi connectivity index (χ0n) is 17.1. The van der Waals surface area contributed by atoms with Gasteiger partial charge in [0.15, 0.2) is 11.0 Å². The molecule has 0 radical (unpaired) electrons. The number of carbonyl (C=O) groups excluding carboxylic acids is 1. The average molecular weight is 413 g/mol. The van der Waals surface area contributed by atoms with E-state index in [0.717, 1.165) is 22.5 Å². The third-order valence-corrected chi connectivity index (χ3v) is 5.80. The highest BCUT2D eigenvalue weighted by atomic mass is 32.2. The molecule has 3 aromatic rings. The van der Waals surface area contributed by atoms with Crippen LogP contribution < -0.4 is 0 Å². The zero-order chi connectivity index (χ0) is 21.0. The maximum absolute atomic E-state index is 13.4. The van der Waals surface area contributed by atoms with Crippen LogP contribution in [-0.4, -0.2) is 37.9 Å². The number of carbonyl (C=O) groups is 1. The van der Waals surface area contributed by atoms with Gasteiger partial charge in [-0.05, 0) is 44.0 Å². The lowest BCUT2D eigenvalue weighted by Gasteiger charge is -2.21. The fourth-order valence-corrected chi connectivity index (χ4v) is 4.22. The number of nitrogens with zero attached hydrogens (tertiary/aromatic N) is 4. The van der Waals surface area contributed by atoms with Crippen molar-refractivity contribution >= 4 is 17.7 Å². The van der Waals surface area contributed by atoms with Gasteiger partial charge in [-0.3, -0.25) is 4.79 Å². The van der Waals surface area contributed by atoms with Gasteiger partial charge in [0.2, 0.25) is 5.91 Å². The van der Waals surface area contributed by atoms with E-state index in [-0.39, 0.29) is 17.0 Å². The van der Waals surface area contributed by atoms with Gasteiger partial charge in [-0.1, -0.05) is 48.2 Å². The SMILES string of the molecule is CCn1c(S[C@@H](C)C(=O)N(C)Cc2cccc(F)c2)nnc1-c1ccccc1C. The molecule has 0 saturated heterocycles. The van der Waals surface area contributed by atoms with Crippen molar-refractivity contribution in [2.24, 2.45) is 0 Å². The molecule has 0 fully saturated rings. The number of amides is 1. The lowest BCUT2D eigenvalue weighted by atomic mass is 10.1. The summed E-state index contributed by atoms with van der Waals surface area (Å²) >= 11 is 1.39. The average Bonchev–Trinajstić information content (AvgIpc) is 3.09. The number of thioether (sulfide) groups is 1. The Bertz CT molecular complexity index is 1000. The third-order valence-electron chi connectivity index (χ3n) is 4.73. The number of hydrogen-bond donors (Lipinski definition) is 0. The standard InChI is InChI=1S/C22H25FN4OS/c1-5-27-20(19-12-7-6-9-15(19)2)24-25-22(27)29-16(3)21(28)26(4)14-17-10-8-11-18(23)13-17/h6-13,16H,5,14H2,1-4H3/t16-/m0/s1. The highest BCUT2D eigenvalue weighted by Crippen LogP contribution is 2.29. The largest absolute Gasteiger partial charge is 0.340 e. The van der Waals surface area contributed by atoms with Gasteiger partial charge in [0.05, 0.1) is 5.25 Å². The Hall–Kier alpha value is -2.67. The molecule has 0 aliphatic rings. The second-order valence-corrected chi connectivity index (χ2v) is 8.26. The normalized spacial score (nSPS) is 12.0. The first-order valence-corrected chi connectivity index (χ1v) is 10.4. The van der Waals surface area contributed by atoms with Crippen LogP contribution >= 0.6 is 11.8 Å². The summed E-state index contributed by atoms with van der Waals surface area (Å²) in [4.78, 5) is 14.4. The molecule has 29 heavy (non-hydrogen) atoms. The number of halogens is 1. The molecule has 0 spiro atoms. The van der Waals surface area contributed by atoms with Crippen molar-refractivity contribution in [3.05, 3.63) is 65.5 Å².